The molecule has 0 unspecified atom stereocenters. The van der Waals surface area contributed by atoms with E-state index >= 15 is 0 Å². The lowest BCUT2D eigenvalue weighted by Gasteiger charge is -2.30. The summed E-state index contributed by atoms with van der Waals surface area (Å²) in [5.74, 6) is 1.57. The first kappa shape index (κ1) is 19.3. The molecule has 0 radical (unpaired) electrons. The smallest absolute Gasteiger partial charge is 0.387 e. The molecule has 0 aliphatic carbocycles. The summed E-state index contributed by atoms with van der Waals surface area (Å²) in [6, 6.07) is 14.6. The van der Waals surface area contributed by atoms with Crippen molar-refractivity contribution in [3.05, 3.63) is 66.6 Å². The summed E-state index contributed by atoms with van der Waals surface area (Å²) in [5.41, 5.74) is 4.24. The second-order valence-electron chi connectivity index (χ2n) is 7.22. The number of methoxy groups -OCH3 is 1. The zero-order valence-corrected chi connectivity index (χ0v) is 16.8. The van der Waals surface area contributed by atoms with Crippen molar-refractivity contribution in [2.24, 2.45) is 0 Å². The summed E-state index contributed by atoms with van der Waals surface area (Å²) >= 11 is 0. The minimum Gasteiger partial charge on any atom is -0.481 e. The Balaban J connectivity index is 1.62. The number of rotatable bonds is 5. The van der Waals surface area contributed by atoms with Crippen molar-refractivity contribution < 1.29 is 18.3 Å². The van der Waals surface area contributed by atoms with Crippen molar-refractivity contribution in [3.8, 4) is 22.8 Å². The standard InChI is InChI=1S/C23H20F2N4O2/c1-30-21-11-9-15(13-26-21)16-8-10-20-27-17-5-4-12-28(22(17)29(20)14-16)18-6-2-3-7-19(18)31-23(24)25/h2-3,6-11,13-14,23H,4-5,12H2,1H3. The molecule has 3 aromatic heterocycles. The molecule has 6 nitrogen and oxygen atoms in total. The molecule has 0 saturated carbocycles. The molecule has 5 rings (SSSR count). The fourth-order valence-corrected chi connectivity index (χ4v) is 4.00. The Hall–Kier alpha value is -3.68. The summed E-state index contributed by atoms with van der Waals surface area (Å²) in [6.45, 7) is -2.21. The third-order valence-corrected chi connectivity index (χ3v) is 5.36. The first-order valence-corrected chi connectivity index (χ1v) is 9.97. The van der Waals surface area contributed by atoms with E-state index in [0.29, 0.717) is 18.1 Å². The molecule has 0 fully saturated rings. The molecule has 1 aliphatic rings. The molecular formula is C23H20F2N4O2. The first-order chi connectivity index (χ1) is 15.1. The molecule has 0 N–H and O–H groups in total. The van der Waals surface area contributed by atoms with E-state index in [4.69, 9.17) is 14.5 Å². The Labute approximate surface area is 177 Å². The van der Waals surface area contributed by atoms with E-state index in [9.17, 15) is 8.78 Å². The number of ether oxygens (including phenoxy) is 2. The number of imidazole rings is 1. The molecule has 158 valence electrons. The van der Waals surface area contributed by atoms with Crippen molar-refractivity contribution in [1.29, 1.82) is 0 Å². The van der Waals surface area contributed by atoms with Crippen LogP contribution in [0.15, 0.2) is 60.9 Å². The highest BCUT2D eigenvalue weighted by molar-refractivity contribution is 5.74. The Morgan fingerprint density at radius 2 is 1.87 bits per heavy atom. The van der Waals surface area contributed by atoms with Crippen LogP contribution in [0.4, 0.5) is 20.3 Å². The van der Waals surface area contributed by atoms with Gasteiger partial charge in [0.25, 0.3) is 0 Å². The fraction of sp³-hybridized carbons (Fsp3) is 0.217. The van der Waals surface area contributed by atoms with Crippen LogP contribution in [0.5, 0.6) is 11.6 Å². The van der Waals surface area contributed by atoms with Crippen LogP contribution in [0.2, 0.25) is 0 Å². The zero-order chi connectivity index (χ0) is 21.4. The normalized spacial score (nSPS) is 13.5. The summed E-state index contributed by atoms with van der Waals surface area (Å²) in [7, 11) is 1.58. The summed E-state index contributed by atoms with van der Waals surface area (Å²) in [6.07, 6.45) is 5.45. The van der Waals surface area contributed by atoms with Crippen molar-refractivity contribution >= 4 is 17.2 Å². The van der Waals surface area contributed by atoms with Gasteiger partial charge in [0.1, 0.15) is 17.2 Å². The maximum atomic E-state index is 13.0. The number of nitrogens with zero attached hydrogens (tertiary/aromatic N) is 4. The maximum absolute atomic E-state index is 13.0. The molecular weight excluding hydrogens is 402 g/mol. The number of anilines is 2. The van der Waals surface area contributed by atoms with Gasteiger partial charge in [-0.3, -0.25) is 4.40 Å². The second-order valence-corrected chi connectivity index (χ2v) is 7.22. The molecule has 0 bridgehead atoms. The molecule has 1 aliphatic heterocycles. The van der Waals surface area contributed by atoms with Crippen molar-refractivity contribution in [2.75, 3.05) is 18.6 Å². The number of aryl methyl sites for hydroxylation is 1. The lowest BCUT2D eigenvalue weighted by molar-refractivity contribution is -0.0494. The molecule has 1 aromatic carbocycles. The van der Waals surface area contributed by atoms with Gasteiger partial charge in [-0.1, -0.05) is 12.1 Å². The summed E-state index contributed by atoms with van der Waals surface area (Å²) in [4.78, 5) is 11.1. The molecule has 0 saturated heterocycles. The topological polar surface area (TPSA) is 51.9 Å². The van der Waals surface area contributed by atoms with Gasteiger partial charge in [0.2, 0.25) is 5.88 Å². The third-order valence-electron chi connectivity index (χ3n) is 5.36. The van der Waals surface area contributed by atoms with Gasteiger partial charge in [0, 0.05) is 36.1 Å². The number of alkyl halides is 2. The highest BCUT2D eigenvalue weighted by Crippen LogP contribution is 2.39. The molecule has 4 heterocycles. The lowest BCUT2D eigenvalue weighted by atomic mass is 10.1. The minimum absolute atomic E-state index is 0.149. The predicted octanol–water partition coefficient (Wildman–Crippen LogP) is 5.09. The lowest BCUT2D eigenvalue weighted by Crippen LogP contribution is -2.26. The van der Waals surface area contributed by atoms with E-state index in [1.807, 2.05) is 45.8 Å². The number of fused-ring (bicyclic) bond motifs is 3. The van der Waals surface area contributed by atoms with Crippen LogP contribution >= 0.6 is 0 Å². The molecule has 0 amide bonds. The largest absolute Gasteiger partial charge is 0.481 e. The van der Waals surface area contributed by atoms with Gasteiger partial charge < -0.3 is 14.4 Å². The van der Waals surface area contributed by atoms with Crippen molar-refractivity contribution in [2.45, 2.75) is 19.5 Å². The number of halogens is 2. The highest BCUT2D eigenvalue weighted by atomic mass is 19.3. The molecule has 31 heavy (non-hydrogen) atoms. The van der Waals surface area contributed by atoms with Gasteiger partial charge >= 0.3 is 6.61 Å². The van der Waals surface area contributed by atoms with Gasteiger partial charge in [-0.25, -0.2) is 9.97 Å². The number of hydrogen-bond acceptors (Lipinski definition) is 5. The van der Waals surface area contributed by atoms with Gasteiger partial charge in [0.15, 0.2) is 0 Å². The number of aromatic nitrogens is 3. The van der Waals surface area contributed by atoms with Crippen LogP contribution in [0.1, 0.15) is 12.1 Å². The second kappa shape index (κ2) is 7.86. The predicted molar refractivity (Wildman–Crippen MR) is 113 cm³/mol. The highest BCUT2D eigenvalue weighted by Gasteiger charge is 2.26. The first-order valence-electron chi connectivity index (χ1n) is 9.97. The van der Waals surface area contributed by atoms with E-state index in [0.717, 1.165) is 41.1 Å². The van der Waals surface area contributed by atoms with E-state index in [2.05, 4.69) is 4.98 Å². The van der Waals surface area contributed by atoms with Crippen molar-refractivity contribution in [3.63, 3.8) is 0 Å². The van der Waals surface area contributed by atoms with E-state index < -0.39 is 6.61 Å². The van der Waals surface area contributed by atoms with E-state index in [1.165, 1.54) is 0 Å². The number of hydrogen-bond donors (Lipinski definition) is 0. The Bertz CT molecular complexity index is 1220. The van der Waals surface area contributed by atoms with Crippen LogP contribution in [-0.4, -0.2) is 34.6 Å². The van der Waals surface area contributed by atoms with Gasteiger partial charge in [-0.15, -0.1) is 0 Å². The SMILES string of the molecule is COc1ccc(-c2ccc3nc4c(n3c2)N(c2ccccc2OC(F)F)CCC4)cn1. The van der Waals surface area contributed by atoms with E-state index in [1.54, 1.807) is 31.5 Å². The monoisotopic (exact) mass is 422 g/mol. The number of para-hydroxylation sites is 2. The molecule has 4 aromatic rings. The van der Waals surface area contributed by atoms with Crippen LogP contribution < -0.4 is 14.4 Å². The van der Waals surface area contributed by atoms with Gasteiger partial charge in [-0.2, -0.15) is 8.78 Å². The van der Waals surface area contributed by atoms with Crippen LogP contribution in [-0.2, 0) is 6.42 Å². The Kier molecular flexibility index (Phi) is 4.89. The number of pyridine rings is 2. The molecule has 8 heteroatoms. The van der Waals surface area contributed by atoms with Crippen LogP contribution in [0, 0.1) is 0 Å². The van der Waals surface area contributed by atoms with Crippen LogP contribution in [0.3, 0.4) is 0 Å². The minimum atomic E-state index is -2.89. The van der Waals surface area contributed by atoms with Crippen molar-refractivity contribution in [1.82, 2.24) is 14.4 Å². The molecule has 0 atom stereocenters. The van der Waals surface area contributed by atoms with E-state index in [-0.39, 0.29) is 5.75 Å². The summed E-state index contributed by atoms with van der Waals surface area (Å²) in [5, 5.41) is 0. The third kappa shape index (κ3) is 3.54. The quantitative estimate of drug-likeness (QED) is 0.448. The average molecular weight is 422 g/mol. The van der Waals surface area contributed by atoms with Gasteiger partial charge in [-0.05, 0) is 43.2 Å². The summed E-state index contributed by atoms with van der Waals surface area (Å²) < 4.78 is 37.9. The Morgan fingerprint density at radius 3 is 2.65 bits per heavy atom. The maximum Gasteiger partial charge on any atom is 0.387 e. The Morgan fingerprint density at radius 1 is 1.03 bits per heavy atom. The average Bonchev–Trinajstić information content (AvgIpc) is 3.17. The zero-order valence-electron chi connectivity index (χ0n) is 16.8. The molecule has 0 spiro atoms. The number of benzene rings is 1. The fourth-order valence-electron chi connectivity index (χ4n) is 4.00. The van der Waals surface area contributed by atoms with Crippen LogP contribution in [0.25, 0.3) is 16.8 Å². The van der Waals surface area contributed by atoms with Gasteiger partial charge in [0.05, 0.1) is 18.5 Å².